The van der Waals surface area contributed by atoms with Crippen molar-refractivity contribution in [3.8, 4) is 22.8 Å². The number of hydrogen-bond acceptors (Lipinski definition) is 6. The zero-order valence-corrected chi connectivity index (χ0v) is 19.0. The van der Waals surface area contributed by atoms with Gasteiger partial charge in [-0.25, -0.2) is 4.98 Å². The summed E-state index contributed by atoms with van der Waals surface area (Å²) in [5.41, 5.74) is 1.88. The molecule has 1 amide bonds. The predicted octanol–water partition coefficient (Wildman–Crippen LogP) is 4.29. The Balaban J connectivity index is 1.31. The summed E-state index contributed by atoms with van der Waals surface area (Å²) in [7, 11) is 3.20. The second-order valence-corrected chi connectivity index (χ2v) is 7.97. The number of methoxy groups -OCH3 is 2. The highest BCUT2D eigenvalue weighted by Gasteiger charge is 2.22. The zero-order valence-electron chi connectivity index (χ0n) is 18.2. The molecule has 0 N–H and O–H groups in total. The summed E-state index contributed by atoms with van der Waals surface area (Å²) in [5.74, 6) is 2.58. The van der Waals surface area contributed by atoms with Gasteiger partial charge in [-0.05, 0) is 30.3 Å². The summed E-state index contributed by atoms with van der Waals surface area (Å²) >= 11 is 6.10. The van der Waals surface area contributed by atoms with Crippen LogP contribution in [-0.2, 0) is 11.2 Å². The number of aromatic nitrogens is 1. The number of carbonyl (C=O) groups excluding carboxylic acids is 1. The summed E-state index contributed by atoms with van der Waals surface area (Å²) in [6.45, 7) is 2.94. The number of halogens is 1. The normalized spacial score (nSPS) is 13.8. The Morgan fingerprint density at radius 2 is 1.91 bits per heavy atom. The first-order valence-corrected chi connectivity index (χ1v) is 10.9. The molecule has 4 rings (SSSR count). The van der Waals surface area contributed by atoms with Gasteiger partial charge in [-0.1, -0.05) is 17.7 Å². The Hall–Kier alpha value is -3.19. The van der Waals surface area contributed by atoms with Crippen LogP contribution in [-0.4, -0.2) is 56.2 Å². The summed E-state index contributed by atoms with van der Waals surface area (Å²) in [4.78, 5) is 21.2. The van der Waals surface area contributed by atoms with Crippen molar-refractivity contribution in [3.63, 3.8) is 0 Å². The molecule has 32 heavy (non-hydrogen) atoms. The van der Waals surface area contributed by atoms with E-state index in [0.717, 1.165) is 29.4 Å². The lowest BCUT2D eigenvalue weighted by Gasteiger charge is -2.36. The van der Waals surface area contributed by atoms with Crippen LogP contribution in [0.3, 0.4) is 0 Å². The Labute approximate surface area is 192 Å². The summed E-state index contributed by atoms with van der Waals surface area (Å²) in [5, 5.41) is 0.721. The van der Waals surface area contributed by atoms with Gasteiger partial charge in [-0.15, -0.1) is 0 Å². The number of oxazole rings is 1. The fraction of sp³-hybridized carbons (Fsp3) is 0.333. The molecular weight excluding hydrogens is 430 g/mol. The van der Waals surface area contributed by atoms with E-state index in [2.05, 4.69) is 9.88 Å². The van der Waals surface area contributed by atoms with Gasteiger partial charge in [0.1, 0.15) is 11.5 Å². The van der Waals surface area contributed by atoms with E-state index in [1.54, 1.807) is 26.5 Å². The highest BCUT2D eigenvalue weighted by molar-refractivity contribution is 6.30. The number of aryl methyl sites for hydroxylation is 1. The second-order valence-electron chi connectivity index (χ2n) is 7.53. The second kappa shape index (κ2) is 9.96. The van der Waals surface area contributed by atoms with E-state index in [1.165, 1.54) is 0 Å². The maximum Gasteiger partial charge on any atom is 0.223 e. The summed E-state index contributed by atoms with van der Waals surface area (Å²) in [6.07, 6.45) is 2.47. The van der Waals surface area contributed by atoms with Gasteiger partial charge in [0.2, 0.25) is 5.91 Å². The average Bonchev–Trinajstić information content (AvgIpc) is 3.31. The molecule has 1 fully saturated rings. The molecule has 7 nitrogen and oxygen atoms in total. The van der Waals surface area contributed by atoms with Crippen LogP contribution in [0.15, 0.2) is 53.1 Å². The van der Waals surface area contributed by atoms with Crippen LogP contribution in [0.1, 0.15) is 12.3 Å². The number of carbonyl (C=O) groups is 1. The molecule has 3 aromatic rings. The van der Waals surface area contributed by atoms with E-state index in [-0.39, 0.29) is 5.91 Å². The minimum absolute atomic E-state index is 0.109. The van der Waals surface area contributed by atoms with Crippen molar-refractivity contribution in [2.45, 2.75) is 12.8 Å². The van der Waals surface area contributed by atoms with Crippen molar-refractivity contribution in [3.05, 3.63) is 59.6 Å². The van der Waals surface area contributed by atoms with Gasteiger partial charge in [0, 0.05) is 55.8 Å². The van der Waals surface area contributed by atoms with Crippen molar-refractivity contribution in [1.82, 2.24) is 9.88 Å². The fourth-order valence-corrected chi connectivity index (χ4v) is 4.00. The van der Waals surface area contributed by atoms with E-state index >= 15 is 0 Å². The molecule has 1 aliphatic rings. The summed E-state index contributed by atoms with van der Waals surface area (Å²) < 4.78 is 16.6. The number of benzene rings is 2. The third kappa shape index (κ3) is 4.99. The number of anilines is 1. The number of piperazine rings is 1. The number of ether oxygens (including phenoxy) is 2. The number of amides is 1. The van der Waals surface area contributed by atoms with E-state index in [4.69, 9.17) is 25.5 Å². The Kier molecular flexibility index (Phi) is 6.85. The Morgan fingerprint density at radius 3 is 2.62 bits per heavy atom. The molecule has 1 saturated heterocycles. The maximum absolute atomic E-state index is 12.7. The maximum atomic E-state index is 12.7. The van der Waals surface area contributed by atoms with Gasteiger partial charge in [0.25, 0.3) is 0 Å². The lowest BCUT2D eigenvalue weighted by molar-refractivity contribution is -0.131. The van der Waals surface area contributed by atoms with Gasteiger partial charge >= 0.3 is 0 Å². The number of hydrogen-bond donors (Lipinski definition) is 0. The van der Waals surface area contributed by atoms with Crippen LogP contribution >= 0.6 is 11.6 Å². The first-order chi connectivity index (χ1) is 15.6. The van der Waals surface area contributed by atoms with Crippen molar-refractivity contribution in [2.75, 3.05) is 45.3 Å². The third-order valence-corrected chi connectivity index (χ3v) is 5.82. The van der Waals surface area contributed by atoms with Gasteiger partial charge in [0.05, 0.1) is 26.0 Å². The van der Waals surface area contributed by atoms with E-state index in [0.29, 0.717) is 49.1 Å². The largest absolute Gasteiger partial charge is 0.497 e. The number of nitrogens with zero attached hydrogens (tertiary/aromatic N) is 3. The topological polar surface area (TPSA) is 68.0 Å². The van der Waals surface area contributed by atoms with Gasteiger partial charge in [-0.3, -0.25) is 4.79 Å². The Morgan fingerprint density at radius 1 is 1.09 bits per heavy atom. The highest BCUT2D eigenvalue weighted by Crippen LogP contribution is 2.33. The molecule has 0 atom stereocenters. The molecule has 0 spiro atoms. The molecule has 0 bridgehead atoms. The lowest BCUT2D eigenvalue weighted by Crippen LogP contribution is -2.48. The Bertz CT molecular complexity index is 1080. The molecule has 0 radical (unpaired) electrons. The SMILES string of the molecule is COc1ccc(-c2cnc(CCC(=O)N3CCN(c4cccc(Cl)c4)CC3)o2)c(OC)c1. The van der Waals surface area contributed by atoms with Crippen LogP contribution in [0.5, 0.6) is 11.5 Å². The first kappa shape index (κ1) is 22.0. The summed E-state index contributed by atoms with van der Waals surface area (Å²) in [6, 6.07) is 13.3. The molecule has 2 heterocycles. The van der Waals surface area contributed by atoms with Crippen molar-refractivity contribution >= 4 is 23.2 Å². The van der Waals surface area contributed by atoms with Crippen LogP contribution in [0.25, 0.3) is 11.3 Å². The first-order valence-electron chi connectivity index (χ1n) is 10.5. The minimum atomic E-state index is 0.109. The van der Waals surface area contributed by atoms with Crippen LogP contribution in [0, 0.1) is 0 Å². The van der Waals surface area contributed by atoms with Crippen molar-refractivity contribution in [2.24, 2.45) is 0 Å². The standard InChI is InChI=1S/C24H26ClN3O4/c1-30-19-6-7-20(21(15-19)31-2)22-16-26-23(32-22)8-9-24(29)28-12-10-27(11-13-28)18-5-3-4-17(25)14-18/h3-7,14-16H,8-13H2,1-2H3. The molecule has 0 saturated carbocycles. The minimum Gasteiger partial charge on any atom is -0.497 e. The zero-order chi connectivity index (χ0) is 22.5. The molecule has 1 aromatic heterocycles. The molecule has 1 aliphatic heterocycles. The predicted molar refractivity (Wildman–Crippen MR) is 124 cm³/mol. The third-order valence-electron chi connectivity index (χ3n) is 5.59. The molecule has 0 aliphatic carbocycles. The van der Waals surface area contributed by atoms with Gasteiger partial charge in [0.15, 0.2) is 11.7 Å². The molecule has 0 unspecified atom stereocenters. The van der Waals surface area contributed by atoms with E-state index in [1.807, 2.05) is 41.3 Å². The smallest absolute Gasteiger partial charge is 0.223 e. The molecular formula is C24H26ClN3O4. The van der Waals surface area contributed by atoms with Crippen LogP contribution < -0.4 is 14.4 Å². The van der Waals surface area contributed by atoms with Crippen molar-refractivity contribution < 1.29 is 18.7 Å². The van der Waals surface area contributed by atoms with E-state index in [9.17, 15) is 4.79 Å². The molecule has 8 heteroatoms. The van der Waals surface area contributed by atoms with Gasteiger partial charge < -0.3 is 23.7 Å². The lowest BCUT2D eigenvalue weighted by atomic mass is 10.1. The quantitative estimate of drug-likeness (QED) is 0.529. The average molecular weight is 456 g/mol. The highest BCUT2D eigenvalue weighted by atomic mass is 35.5. The van der Waals surface area contributed by atoms with E-state index < -0.39 is 0 Å². The number of rotatable bonds is 7. The fourth-order valence-electron chi connectivity index (χ4n) is 3.81. The van der Waals surface area contributed by atoms with Crippen LogP contribution in [0.2, 0.25) is 5.02 Å². The van der Waals surface area contributed by atoms with Crippen LogP contribution in [0.4, 0.5) is 5.69 Å². The van der Waals surface area contributed by atoms with Crippen molar-refractivity contribution in [1.29, 1.82) is 0 Å². The molecule has 2 aromatic carbocycles. The molecule has 168 valence electrons. The van der Waals surface area contributed by atoms with Gasteiger partial charge in [-0.2, -0.15) is 0 Å². The monoisotopic (exact) mass is 455 g/mol.